The first-order chi connectivity index (χ1) is 8.24. The van der Waals surface area contributed by atoms with Gasteiger partial charge >= 0.3 is 0 Å². The number of piperidine rings is 1. The van der Waals surface area contributed by atoms with Crippen LogP contribution >= 0.6 is 0 Å². The van der Waals surface area contributed by atoms with Crippen molar-refractivity contribution in [1.82, 2.24) is 10.2 Å². The first-order valence-corrected chi connectivity index (χ1v) is 7.74. The maximum Gasteiger partial charge on any atom is 0.0198 e. The highest BCUT2D eigenvalue weighted by Gasteiger charge is 2.30. The van der Waals surface area contributed by atoms with Crippen molar-refractivity contribution in [3.8, 4) is 0 Å². The topological polar surface area (TPSA) is 15.3 Å². The molecule has 0 bridgehead atoms. The van der Waals surface area contributed by atoms with Crippen molar-refractivity contribution in [3.63, 3.8) is 0 Å². The second kappa shape index (κ2) is 6.19. The average molecular weight is 238 g/mol. The molecule has 0 spiro atoms. The van der Waals surface area contributed by atoms with E-state index in [9.17, 15) is 0 Å². The smallest absolute Gasteiger partial charge is 0.0198 e. The first-order valence-electron chi connectivity index (χ1n) is 7.74. The van der Waals surface area contributed by atoms with Crippen molar-refractivity contribution in [2.75, 3.05) is 13.1 Å². The molecule has 1 saturated heterocycles. The van der Waals surface area contributed by atoms with Crippen LogP contribution in [-0.4, -0.2) is 36.1 Å². The van der Waals surface area contributed by atoms with Crippen molar-refractivity contribution in [2.45, 2.75) is 77.4 Å². The SMILES string of the molecule is CCC(CC)C(C)N1CCCC(NC2CC2)C1. The Labute approximate surface area is 107 Å². The summed E-state index contributed by atoms with van der Waals surface area (Å²) in [6, 6.07) is 2.41. The predicted molar refractivity (Wildman–Crippen MR) is 74.3 cm³/mol. The molecule has 1 saturated carbocycles. The summed E-state index contributed by atoms with van der Waals surface area (Å²) in [4.78, 5) is 2.74. The summed E-state index contributed by atoms with van der Waals surface area (Å²) >= 11 is 0. The van der Waals surface area contributed by atoms with Crippen molar-refractivity contribution >= 4 is 0 Å². The molecule has 0 aromatic carbocycles. The van der Waals surface area contributed by atoms with E-state index in [0.29, 0.717) is 0 Å². The van der Waals surface area contributed by atoms with Crippen LogP contribution in [0.15, 0.2) is 0 Å². The van der Waals surface area contributed by atoms with Crippen LogP contribution in [0.3, 0.4) is 0 Å². The zero-order chi connectivity index (χ0) is 12.3. The summed E-state index contributed by atoms with van der Waals surface area (Å²) in [5.74, 6) is 0.884. The molecule has 0 amide bonds. The van der Waals surface area contributed by atoms with Crippen molar-refractivity contribution in [3.05, 3.63) is 0 Å². The summed E-state index contributed by atoms with van der Waals surface area (Å²) in [7, 11) is 0. The van der Waals surface area contributed by atoms with Crippen molar-refractivity contribution < 1.29 is 0 Å². The van der Waals surface area contributed by atoms with Gasteiger partial charge in [0.25, 0.3) is 0 Å². The molecule has 1 aliphatic heterocycles. The molecule has 2 unspecified atom stereocenters. The number of rotatable bonds is 6. The highest BCUT2D eigenvalue weighted by Crippen LogP contribution is 2.25. The van der Waals surface area contributed by atoms with Gasteiger partial charge in [0, 0.05) is 24.7 Å². The third-order valence-corrected chi connectivity index (χ3v) is 4.81. The van der Waals surface area contributed by atoms with E-state index in [4.69, 9.17) is 0 Å². The fourth-order valence-electron chi connectivity index (χ4n) is 3.36. The lowest BCUT2D eigenvalue weighted by Crippen LogP contribution is -2.51. The largest absolute Gasteiger partial charge is 0.310 e. The van der Waals surface area contributed by atoms with Gasteiger partial charge in [-0.25, -0.2) is 0 Å². The molecule has 100 valence electrons. The van der Waals surface area contributed by atoms with E-state index in [1.165, 1.54) is 51.6 Å². The van der Waals surface area contributed by atoms with Gasteiger partial charge in [0.15, 0.2) is 0 Å². The predicted octanol–water partition coefficient (Wildman–Crippen LogP) is 3.03. The van der Waals surface area contributed by atoms with Gasteiger partial charge in [-0.1, -0.05) is 26.7 Å². The molecule has 2 aliphatic rings. The van der Waals surface area contributed by atoms with Gasteiger partial charge in [0.2, 0.25) is 0 Å². The molecule has 2 atom stereocenters. The Bertz CT molecular complexity index is 221. The number of nitrogens with zero attached hydrogens (tertiary/aromatic N) is 1. The van der Waals surface area contributed by atoms with Crippen molar-refractivity contribution in [1.29, 1.82) is 0 Å². The van der Waals surface area contributed by atoms with Gasteiger partial charge in [-0.15, -0.1) is 0 Å². The summed E-state index contributed by atoms with van der Waals surface area (Å²) < 4.78 is 0. The number of hydrogen-bond acceptors (Lipinski definition) is 2. The monoisotopic (exact) mass is 238 g/mol. The van der Waals surface area contributed by atoms with Gasteiger partial charge in [-0.2, -0.15) is 0 Å². The number of nitrogens with one attached hydrogen (secondary N) is 1. The van der Waals surface area contributed by atoms with E-state index in [2.05, 4.69) is 31.0 Å². The van der Waals surface area contributed by atoms with Crippen LogP contribution in [0, 0.1) is 5.92 Å². The molecule has 2 nitrogen and oxygen atoms in total. The third kappa shape index (κ3) is 3.69. The Morgan fingerprint density at radius 1 is 1.12 bits per heavy atom. The minimum atomic E-state index is 0.771. The molecule has 1 heterocycles. The number of hydrogen-bond donors (Lipinski definition) is 1. The van der Waals surface area contributed by atoms with Gasteiger partial charge in [0.05, 0.1) is 0 Å². The normalized spacial score (nSPS) is 28.6. The lowest BCUT2D eigenvalue weighted by molar-refractivity contribution is 0.104. The molecule has 0 radical (unpaired) electrons. The molecule has 1 N–H and O–H groups in total. The van der Waals surface area contributed by atoms with Crippen LogP contribution in [0.4, 0.5) is 0 Å². The maximum absolute atomic E-state index is 3.81. The van der Waals surface area contributed by atoms with E-state index >= 15 is 0 Å². The molecule has 17 heavy (non-hydrogen) atoms. The molecule has 2 rings (SSSR count). The van der Waals surface area contributed by atoms with Gasteiger partial charge in [0.1, 0.15) is 0 Å². The standard InChI is InChI=1S/C15H30N2/c1-4-13(5-2)12(3)17-10-6-7-15(11-17)16-14-8-9-14/h12-16H,4-11H2,1-3H3. The van der Waals surface area contributed by atoms with Crippen LogP contribution in [0.25, 0.3) is 0 Å². The zero-order valence-corrected chi connectivity index (χ0v) is 11.9. The Kier molecular flexibility index (Phi) is 4.87. The Morgan fingerprint density at radius 3 is 2.41 bits per heavy atom. The highest BCUT2D eigenvalue weighted by molar-refractivity contribution is 4.89. The van der Waals surface area contributed by atoms with Gasteiger partial charge in [-0.3, -0.25) is 4.90 Å². The van der Waals surface area contributed by atoms with E-state index in [1.54, 1.807) is 0 Å². The molecule has 1 aliphatic carbocycles. The molecular formula is C15H30N2. The van der Waals surface area contributed by atoms with E-state index in [0.717, 1.165) is 24.0 Å². The first kappa shape index (κ1) is 13.4. The Balaban J connectivity index is 1.82. The Morgan fingerprint density at radius 2 is 1.82 bits per heavy atom. The summed E-state index contributed by atoms with van der Waals surface area (Å²) in [6.45, 7) is 9.73. The minimum Gasteiger partial charge on any atom is -0.310 e. The second-order valence-corrected chi connectivity index (χ2v) is 6.09. The minimum absolute atomic E-state index is 0.771. The molecule has 0 aromatic heterocycles. The molecule has 2 fully saturated rings. The molecular weight excluding hydrogens is 208 g/mol. The third-order valence-electron chi connectivity index (χ3n) is 4.81. The van der Waals surface area contributed by atoms with Gasteiger partial charge < -0.3 is 5.32 Å². The lowest BCUT2D eigenvalue weighted by Gasteiger charge is -2.40. The maximum atomic E-state index is 3.81. The van der Waals surface area contributed by atoms with Crippen LogP contribution < -0.4 is 5.32 Å². The van der Waals surface area contributed by atoms with E-state index in [1.807, 2.05) is 0 Å². The molecule has 2 heteroatoms. The fourth-order valence-corrected chi connectivity index (χ4v) is 3.36. The fraction of sp³-hybridized carbons (Fsp3) is 1.00. The average Bonchev–Trinajstić information content (AvgIpc) is 3.15. The summed E-state index contributed by atoms with van der Waals surface area (Å²) in [6.07, 6.45) is 8.26. The van der Waals surface area contributed by atoms with Crippen molar-refractivity contribution in [2.24, 2.45) is 5.92 Å². The highest BCUT2D eigenvalue weighted by atomic mass is 15.2. The quantitative estimate of drug-likeness (QED) is 0.765. The van der Waals surface area contributed by atoms with Gasteiger partial charge in [-0.05, 0) is 45.1 Å². The lowest BCUT2D eigenvalue weighted by atomic mass is 9.92. The second-order valence-electron chi connectivity index (χ2n) is 6.09. The zero-order valence-electron chi connectivity index (χ0n) is 11.9. The van der Waals surface area contributed by atoms with Crippen LogP contribution in [-0.2, 0) is 0 Å². The summed E-state index contributed by atoms with van der Waals surface area (Å²) in [5, 5.41) is 3.81. The van der Waals surface area contributed by atoms with Crippen LogP contribution in [0.2, 0.25) is 0 Å². The number of likely N-dealkylation sites (tertiary alicyclic amines) is 1. The van der Waals surface area contributed by atoms with Crippen LogP contribution in [0.5, 0.6) is 0 Å². The van der Waals surface area contributed by atoms with E-state index < -0.39 is 0 Å². The van der Waals surface area contributed by atoms with E-state index in [-0.39, 0.29) is 0 Å². The van der Waals surface area contributed by atoms with Crippen LogP contribution in [0.1, 0.15) is 59.3 Å². The molecule has 0 aromatic rings. The Hall–Kier alpha value is -0.0800. The summed E-state index contributed by atoms with van der Waals surface area (Å²) in [5.41, 5.74) is 0.